The van der Waals surface area contributed by atoms with E-state index >= 15 is 0 Å². The minimum Gasteiger partial charge on any atom is -0.508 e. The van der Waals surface area contributed by atoms with Crippen molar-refractivity contribution in [3.63, 3.8) is 0 Å². The number of ketones is 2. The van der Waals surface area contributed by atoms with E-state index in [0.29, 0.717) is 17.1 Å². The zero-order chi connectivity index (χ0) is 19.8. The predicted molar refractivity (Wildman–Crippen MR) is 96.4 cm³/mol. The zero-order valence-electron chi connectivity index (χ0n) is 14.8. The van der Waals surface area contributed by atoms with Crippen molar-refractivity contribution in [2.45, 2.75) is 0 Å². The molecule has 140 valence electrons. The van der Waals surface area contributed by atoms with Crippen LogP contribution < -0.4 is 9.47 Å². The van der Waals surface area contributed by atoms with Gasteiger partial charge < -0.3 is 24.4 Å². The van der Waals surface area contributed by atoms with E-state index in [4.69, 9.17) is 14.2 Å². The number of aromatic hydroxyl groups is 2. The second kappa shape index (κ2) is 9.27. The third-order valence-electron chi connectivity index (χ3n) is 3.41. The second-order valence-corrected chi connectivity index (χ2v) is 5.39. The highest BCUT2D eigenvalue weighted by atomic mass is 16.5. The molecule has 0 heterocycles. The Hall–Kier alpha value is -3.50. The van der Waals surface area contributed by atoms with Gasteiger partial charge in [-0.1, -0.05) is 11.8 Å². The van der Waals surface area contributed by atoms with Crippen LogP contribution in [-0.2, 0) is 9.53 Å². The van der Waals surface area contributed by atoms with Gasteiger partial charge in [0.1, 0.15) is 36.2 Å². The minimum absolute atomic E-state index is 0.0656. The van der Waals surface area contributed by atoms with Crippen LogP contribution in [0.3, 0.4) is 0 Å². The molecule has 0 atom stereocenters. The second-order valence-electron chi connectivity index (χ2n) is 5.39. The fourth-order valence-corrected chi connectivity index (χ4v) is 2.17. The zero-order valence-corrected chi connectivity index (χ0v) is 14.8. The molecule has 0 aliphatic rings. The Kier molecular flexibility index (Phi) is 6.80. The molecule has 0 aliphatic carbocycles. The summed E-state index contributed by atoms with van der Waals surface area (Å²) in [5.74, 6) is 4.45. The van der Waals surface area contributed by atoms with Gasteiger partial charge in [-0.25, -0.2) is 0 Å². The summed E-state index contributed by atoms with van der Waals surface area (Å²) in [5, 5.41) is 18.7. The number of Topliss-reactive ketones (excluding diaryl/α,β-unsaturated/α-hetero) is 2. The first kappa shape index (κ1) is 19.8. The summed E-state index contributed by atoms with van der Waals surface area (Å²) in [6.07, 6.45) is 0. The van der Waals surface area contributed by atoms with Gasteiger partial charge in [-0.2, -0.15) is 0 Å². The Morgan fingerprint density at radius 3 is 2.07 bits per heavy atom. The van der Waals surface area contributed by atoms with Gasteiger partial charge in [-0.15, -0.1) is 0 Å². The first-order chi connectivity index (χ1) is 12.9. The number of ether oxygens (including phenoxy) is 3. The van der Waals surface area contributed by atoms with Crippen LogP contribution >= 0.6 is 0 Å². The van der Waals surface area contributed by atoms with Gasteiger partial charge in [0.05, 0.1) is 14.2 Å². The number of hydrogen-bond donors (Lipinski definition) is 2. The highest BCUT2D eigenvalue weighted by molar-refractivity contribution is 6.44. The Balaban J connectivity index is 1.91. The molecule has 2 aromatic rings. The molecule has 0 aliphatic heterocycles. The van der Waals surface area contributed by atoms with Crippen molar-refractivity contribution < 1.29 is 34.0 Å². The summed E-state index contributed by atoms with van der Waals surface area (Å²) in [7, 11) is 3.06. The number of phenolic OH excluding ortho intramolecular Hbond substituents is 2. The molecule has 0 saturated heterocycles. The number of hydrogen-bond acceptors (Lipinski definition) is 7. The maximum Gasteiger partial charge on any atom is 0.231 e. The third-order valence-corrected chi connectivity index (χ3v) is 3.41. The molecule has 0 bridgehead atoms. The number of carbonyl (C=O) groups excluding carboxylic acids is 2. The van der Waals surface area contributed by atoms with E-state index in [1.807, 2.05) is 0 Å². The quantitative estimate of drug-likeness (QED) is 0.332. The first-order valence-electron chi connectivity index (χ1n) is 7.83. The fourth-order valence-electron chi connectivity index (χ4n) is 2.17. The SMILES string of the molecule is COc1cc(C#CCOCC(=O)C(=O)c2cc(O)cc(O)c2)cc(OC)c1. The first-order valence-corrected chi connectivity index (χ1v) is 7.83. The molecule has 7 heteroatoms. The number of carbonyl (C=O) groups is 2. The van der Waals surface area contributed by atoms with Gasteiger partial charge in [-0.3, -0.25) is 9.59 Å². The van der Waals surface area contributed by atoms with E-state index in [1.165, 1.54) is 14.2 Å². The van der Waals surface area contributed by atoms with Crippen LogP contribution in [0.25, 0.3) is 0 Å². The average Bonchev–Trinajstić information content (AvgIpc) is 2.65. The van der Waals surface area contributed by atoms with E-state index in [2.05, 4.69) is 11.8 Å². The Labute approximate surface area is 156 Å². The normalized spacial score (nSPS) is 9.85. The van der Waals surface area contributed by atoms with Crippen molar-refractivity contribution in [2.75, 3.05) is 27.4 Å². The van der Waals surface area contributed by atoms with Crippen LogP contribution in [0.5, 0.6) is 23.0 Å². The molecular weight excluding hydrogens is 352 g/mol. The summed E-state index contributed by atoms with van der Waals surface area (Å²) in [6, 6.07) is 8.40. The molecular formula is C20H18O7. The number of methoxy groups -OCH3 is 2. The Morgan fingerprint density at radius 1 is 0.926 bits per heavy atom. The molecule has 0 saturated carbocycles. The van der Waals surface area contributed by atoms with Crippen LogP contribution in [-0.4, -0.2) is 49.2 Å². The standard InChI is InChI=1S/C20H18O7/c1-25-17-6-13(7-18(11-17)26-2)4-3-5-27-12-19(23)20(24)14-8-15(21)10-16(22)9-14/h6-11,21-22H,5,12H2,1-2H3. The van der Waals surface area contributed by atoms with Gasteiger partial charge in [0.15, 0.2) is 0 Å². The minimum atomic E-state index is -0.869. The average molecular weight is 370 g/mol. The summed E-state index contributed by atoms with van der Waals surface area (Å²) in [6.45, 7) is -0.533. The van der Waals surface area contributed by atoms with E-state index in [1.54, 1.807) is 18.2 Å². The maximum atomic E-state index is 12.0. The van der Waals surface area contributed by atoms with Gasteiger partial charge in [0.25, 0.3) is 0 Å². The van der Waals surface area contributed by atoms with Gasteiger partial charge in [0, 0.05) is 23.3 Å². The van der Waals surface area contributed by atoms with Crippen molar-refractivity contribution in [1.82, 2.24) is 0 Å². The van der Waals surface area contributed by atoms with Crippen molar-refractivity contribution >= 4 is 11.6 Å². The Morgan fingerprint density at radius 2 is 1.52 bits per heavy atom. The Bertz CT molecular complexity index is 864. The number of benzene rings is 2. The number of rotatable bonds is 7. The van der Waals surface area contributed by atoms with Crippen LogP contribution in [0.4, 0.5) is 0 Å². The van der Waals surface area contributed by atoms with Gasteiger partial charge >= 0.3 is 0 Å². The maximum absolute atomic E-state index is 12.0. The van der Waals surface area contributed by atoms with E-state index < -0.39 is 18.2 Å². The molecule has 0 fully saturated rings. The van der Waals surface area contributed by atoms with Crippen molar-refractivity contribution in [2.24, 2.45) is 0 Å². The number of phenols is 2. The summed E-state index contributed by atoms with van der Waals surface area (Å²) in [4.78, 5) is 23.8. The van der Waals surface area contributed by atoms with Crippen LogP contribution in [0.1, 0.15) is 15.9 Å². The lowest BCUT2D eigenvalue weighted by atomic mass is 10.1. The molecule has 0 unspecified atom stereocenters. The molecule has 7 nitrogen and oxygen atoms in total. The molecule has 0 radical (unpaired) electrons. The smallest absolute Gasteiger partial charge is 0.231 e. The van der Waals surface area contributed by atoms with Crippen molar-refractivity contribution in [3.8, 4) is 34.8 Å². The lowest BCUT2D eigenvalue weighted by Gasteiger charge is -2.04. The summed E-state index contributed by atoms with van der Waals surface area (Å²) < 4.78 is 15.4. The van der Waals surface area contributed by atoms with Crippen molar-refractivity contribution in [3.05, 3.63) is 47.5 Å². The molecule has 2 N–H and O–H groups in total. The highest BCUT2D eigenvalue weighted by Gasteiger charge is 2.17. The lowest BCUT2D eigenvalue weighted by molar-refractivity contribution is -0.118. The van der Waals surface area contributed by atoms with E-state index in [9.17, 15) is 19.8 Å². The molecule has 0 spiro atoms. The van der Waals surface area contributed by atoms with Crippen LogP contribution in [0, 0.1) is 11.8 Å². The summed E-state index contributed by atoms with van der Waals surface area (Å²) in [5.41, 5.74) is 0.531. The van der Waals surface area contributed by atoms with Crippen LogP contribution in [0.15, 0.2) is 36.4 Å². The topological polar surface area (TPSA) is 102 Å². The molecule has 0 aromatic heterocycles. The monoisotopic (exact) mass is 370 g/mol. The summed E-state index contributed by atoms with van der Waals surface area (Å²) >= 11 is 0. The van der Waals surface area contributed by atoms with E-state index in [-0.39, 0.29) is 23.7 Å². The van der Waals surface area contributed by atoms with E-state index in [0.717, 1.165) is 18.2 Å². The molecule has 2 aromatic carbocycles. The molecule has 2 rings (SSSR count). The van der Waals surface area contributed by atoms with Crippen molar-refractivity contribution in [1.29, 1.82) is 0 Å². The third kappa shape index (κ3) is 5.76. The van der Waals surface area contributed by atoms with Gasteiger partial charge in [-0.05, 0) is 24.3 Å². The van der Waals surface area contributed by atoms with Crippen LogP contribution in [0.2, 0.25) is 0 Å². The fraction of sp³-hybridized carbons (Fsp3) is 0.200. The molecule has 27 heavy (non-hydrogen) atoms. The predicted octanol–water partition coefficient (Wildman–Crippen LogP) is 1.94. The lowest BCUT2D eigenvalue weighted by Crippen LogP contribution is -2.20. The largest absolute Gasteiger partial charge is 0.508 e. The van der Waals surface area contributed by atoms with Gasteiger partial charge in [0.2, 0.25) is 11.6 Å². The highest BCUT2D eigenvalue weighted by Crippen LogP contribution is 2.22. The molecule has 0 amide bonds.